The molecule has 1 aromatic carbocycles. The number of rotatable bonds is 6. The van der Waals surface area contributed by atoms with Crippen molar-refractivity contribution in [3.8, 4) is 5.75 Å². The van der Waals surface area contributed by atoms with Crippen LogP contribution in [0.15, 0.2) is 23.2 Å². The maximum Gasteiger partial charge on any atom is 0.251 e. The van der Waals surface area contributed by atoms with Crippen molar-refractivity contribution in [2.45, 2.75) is 38.5 Å². The van der Waals surface area contributed by atoms with Crippen molar-refractivity contribution in [3.05, 3.63) is 51.7 Å². The number of amides is 1. The highest BCUT2D eigenvalue weighted by molar-refractivity contribution is 7.98. The van der Waals surface area contributed by atoms with Crippen LogP contribution in [0.5, 0.6) is 5.75 Å². The Morgan fingerprint density at radius 1 is 1.20 bits per heavy atom. The van der Waals surface area contributed by atoms with Crippen molar-refractivity contribution in [2.24, 2.45) is 5.73 Å². The third-order valence-corrected chi connectivity index (χ3v) is 5.29. The molecule has 0 saturated heterocycles. The fourth-order valence-corrected chi connectivity index (χ4v) is 3.68. The molecule has 0 spiro atoms. The summed E-state index contributed by atoms with van der Waals surface area (Å²) >= 11 is 1.41. The SMILES string of the molecule is COc1ccc(C(C)=O)cc1CSc1nc(C)c(C)c(C)c1C(N)=O. The van der Waals surface area contributed by atoms with Crippen LogP contribution in [-0.4, -0.2) is 23.8 Å². The predicted molar refractivity (Wildman–Crippen MR) is 99.5 cm³/mol. The maximum atomic E-state index is 11.9. The van der Waals surface area contributed by atoms with Gasteiger partial charge in [-0.25, -0.2) is 4.98 Å². The van der Waals surface area contributed by atoms with Crippen LogP contribution in [0.3, 0.4) is 0 Å². The minimum absolute atomic E-state index is 0.00752. The van der Waals surface area contributed by atoms with Gasteiger partial charge in [0.1, 0.15) is 10.8 Å². The van der Waals surface area contributed by atoms with Crippen LogP contribution < -0.4 is 10.5 Å². The van der Waals surface area contributed by atoms with E-state index in [1.54, 1.807) is 19.2 Å². The number of ketones is 1. The van der Waals surface area contributed by atoms with Crippen LogP contribution in [0.1, 0.15) is 50.0 Å². The van der Waals surface area contributed by atoms with Gasteiger partial charge in [0.2, 0.25) is 0 Å². The molecule has 0 aliphatic carbocycles. The van der Waals surface area contributed by atoms with E-state index in [1.165, 1.54) is 18.7 Å². The third-order valence-electron chi connectivity index (χ3n) is 4.26. The summed E-state index contributed by atoms with van der Waals surface area (Å²) in [6.45, 7) is 7.25. The Morgan fingerprint density at radius 3 is 2.44 bits per heavy atom. The van der Waals surface area contributed by atoms with Crippen molar-refractivity contribution < 1.29 is 14.3 Å². The summed E-state index contributed by atoms with van der Waals surface area (Å²) in [5.41, 5.74) is 10.2. The number of methoxy groups -OCH3 is 1. The molecule has 0 saturated carbocycles. The van der Waals surface area contributed by atoms with E-state index in [-0.39, 0.29) is 5.78 Å². The zero-order valence-electron chi connectivity index (χ0n) is 15.1. The number of primary amides is 1. The summed E-state index contributed by atoms with van der Waals surface area (Å²) in [5, 5.41) is 0.600. The van der Waals surface area contributed by atoms with Gasteiger partial charge in [0, 0.05) is 22.6 Å². The van der Waals surface area contributed by atoms with Gasteiger partial charge in [0.05, 0.1) is 12.7 Å². The monoisotopic (exact) mass is 358 g/mol. The number of nitrogens with zero attached hydrogens (tertiary/aromatic N) is 1. The molecule has 25 heavy (non-hydrogen) atoms. The third kappa shape index (κ3) is 4.02. The Kier molecular flexibility index (Phi) is 5.85. The molecule has 0 atom stereocenters. The fourth-order valence-electron chi connectivity index (χ4n) is 2.56. The van der Waals surface area contributed by atoms with E-state index >= 15 is 0 Å². The van der Waals surface area contributed by atoms with Crippen molar-refractivity contribution in [1.29, 1.82) is 0 Å². The number of hydrogen-bond donors (Lipinski definition) is 1. The highest BCUT2D eigenvalue weighted by Crippen LogP contribution is 2.32. The van der Waals surface area contributed by atoms with Crippen LogP contribution in [0, 0.1) is 20.8 Å². The zero-order chi connectivity index (χ0) is 18.7. The number of benzene rings is 1. The molecule has 0 aliphatic heterocycles. The second-order valence-corrected chi connectivity index (χ2v) is 6.83. The zero-order valence-corrected chi connectivity index (χ0v) is 15.9. The summed E-state index contributed by atoms with van der Waals surface area (Å²) in [4.78, 5) is 28.0. The quantitative estimate of drug-likeness (QED) is 0.630. The first kappa shape index (κ1) is 19.0. The minimum atomic E-state index is -0.486. The van der Waals surface area contributed by atoms with Crippen molar-refractivity contribution in [1.82, 2.24) is 4.98 Å². The van der Waals surface area contributed by atoms with E-state index in [0.717, 1.165) is 22.4 Å². The van der Waals surface area contributed by atoms with Crippen molar-refractivity contribution >= 4 is 23.5 Å². The molecule has 0 aliphatic rings. The van der Waals surface area contributed by atoms with E-state index < -0.39 is 5.91 Å². The average molecular weight is 358 g/mol. The summed E-state index contributed by atoms with van der Waals surface area (Å²) in [7, 11) is 1.59. The summed E-state index contributed by atoms with van der Waals surface area (Å²) in [6.07, 6.45) is 0. The smallest absolute Gasteiger partial charge is 0.251 e. The number of aryl methyl sites for hydroxylation is 1. The molecular formula is C19H22N2O3S. The highest BCUT2D eigenvalue weighted by Gasteiger charge is 2.18. The van der Waals surface area contributed by atoms with Gasteiger partial charge >= 0.3 is 0 Å². The molecule has 1 amide bonds. The Labute approximate surface area is 152 Å². The Morgan fingerprint density at radius 2 is 1.88 bits per heavy atom. The van der Waals surface area contributed by atoms with Gasteiger partial charge in [0.25, 0.3) is 5.91 Å². The van der Waals surface area contributed by atoms with Gasteiger partial charge < -0.3 is 10.5 Å². The number of carbonyl (C=O) groups excluding carboxylic acids is 2. The number of ether oxygens (including phenoxy) is 1. The normalized spacial score (nSPS) is 10.6. The van der Waals surface area contributed by atoms with Gasteiger partial charge in [-0.15, -0.1) is 11.8 Å². The molecule has 2 rings (SSSR count). The maximum absolute atomic E-state index is 11.9. The van der Waals surface area contributed by atoms with E-state index in [0.29, 0.717) is 27.7 Å². The van der Waals surface area contributed by atoms with Gasteiger partial charge in [-0.2, -0.15) is 0 Å². The van der Waals surface area contributed by atoms with Crippen LogP contribution in [0.4, 0.5) is 0 Å². The summed E-state index contributed by atoms with van der Waals surface area (Å²) in [5.74, 6) is 0.713. The molecule has 0 bridgehead atoms. The summed E-state index contributed by atoms with van der Waals surface area (Å²) in [6, 6.07) is 5.33. The minimum Gasteiger partial charge on any atom is -0.496 e. The number of carbonyl (C=O) groups is 2. The standard InChI is InChI=1S/C19H22N2O3S/c1-10-11(2)17(18(20)23)19(21-12(10)3)25-9-15-8-14(13(4)22)6-7-16(15)24-5/h6-8H,9H2,1-5H3,(H2,20,23). The first-order valence-electron chi connectivity index (χ1n) is 7.84. The van der Waals surface area contributed by atoms with Crippen LogP contribution in [0.25, 0.3) is 0 Å². The van der Waals surface area contributed by atoms with Crippen LogP contribution in [0.2, 0.25) is 0 Å². The van der Waals surface area contributed by atoms with E-state index in [1.807, 2.05) is 26.8 Å². The molecule has 6 heteroatoms. The van der Waals surface area contributed by atoms with Gasteiger partial charge in [0.15, 0.2) is 5.78 Å². The molecule has 1 heterocycles. The van der Waals surface area contributed by atoms with Gasteiger partial charge in [-0.05, 0) is 57.0 Å². The second kappa shape index (κ2) is 7.70. The highest BCUT2D eigenvalue weighted by atomic mass is 32.2. The van der Waals surface area contributed by atoms with Crippen molar-refractivity contribution in [3.63, 3.8) is 0 Å². The lowest BCUT2D eigenvalue weighted by Gasteiger charge is -2.14. The number of Topliss-reactive ketones (excluding diaryl/α,β-unsaturated/α-hetero) is 1. The van der Waals surface area contributed by atoms with E-state index in [4.69, 9.17) is 10.5 Å². The number of thioether (sulfide) groups is 1. The van der Waals surface area contributed by atoms with Crippen LogP contribution in [-0.2, 0) is 5.75 Å². The largest absolute Gasteiger partial charge is 0.496 e. The molecule has 0 unspecified atom stereocenters. The molecule has 5 nitrogen and oxygen atoms in total. The molecule has 1 aromatic heterocycles. The lowest BCUT2D eigenvalue weighted by Crippen LogP contribution is -2.16. The van der Waals surface area contributed by atoms with E-state index in [9.17, 15) is 9.59 Å². The number of pyridine rings is 1. The molecule has 0 fully saturated rings. The Bertz CT molecular complexity index is 847. The molecule has 2 N–H and O–H groups in total. The first-order chi connectivity index (χ1) is 11.8. The van der Waals surface area contributed by atoms with Gasteiger partial charge in [-0.3, -0.25) is 9.59 Å². The topological polar surface area (TPSA) is 82.3 Å². The van der Waals surface area contributed by atoms with Crippen LogP contribution >= 0.6 is 11.8 Å². The Balaban J connectivity index is 2.41. The predicted octanol–water partition coefficient (Wildman–Crippen LogP) is 3.61. The van der Waals surface area contributed by atoms with Gasteiger partial charge in [-0.1, -0.05) is 0 Å². The molecule has 132 valence electrons. The molecule has 2 aromatic rings. The first-order valence-corrected chi connectivity index (χ1v) is 8.83. The average Bonchev–Trinajstić information content (AvgIpc) is 2.56. The second-order valence-electron chi connectivity index (χ2n) is 5.86. The number of nitrogens with two attached hydrogens (primary N) is 1. The molecule has 0 radical (unpaired) electrons. The fraction of sp³-hybridized carbons (Fsp3) is 0.316. The lowest BCUT2D eigenvalue weighted by molar-refractivity contribution is 0.0992. The summed E-state index contributed by atoms with van der Waals surface area (Å²) < 4.78 is 5.38. The number of aromatic nitrogens is 1. The Hall–Kier alpha value is -2.34. The number of hydrogen-bond acceptors (Lipinski definition) is 5. The van der Waals surface area contributed by atoms with Crippen molar-refractivity contribution in [2.75, 3.05) is 7.11 Å². The lowest BCUT2D eigenvalue weighted by atomic mass is 10.0. The molecular weight excluding hydrogens is 336 g/mol. The van der Waals surface area contributed by atoms with E-state index in [2.05, 4.69) is 4.98 Å².